The lowest BCUT2D eigenvalue weighted by Crippen LogP contribution is -2.03. The molecule has 0 amide bonds. The Hall–Kier alpha value is -1.39. The van der Waals surface area contributed by atoms with Crippen LogP contribution in [0.5, 0.6) is 11.5 Å². The van der Waals surface area contributed by atoms with Gasteiger partial charge in [0.25, 0.3) is 0 Å². The van der Waals surface area contributed by atoms with Gasteiger partial charge in [0.1, 0.15) is 5.75 Å². The van der Waals surface area contributed by atoms with Crippen molar-refractivity contribution in [3.8, 4) is 11.5 Å². The van der Waals surface area contributed by atoms with Gasteiger partial charge >= 0.3 is 0 Å². The first-order chi connectivity index (χ1) is 9.10. The van der Waals surface area contributed by atoms with Gasteiger partial charge in [-0.2, -0.15) is 0 Å². The number of nitrogens with two attached hydrogens (primary N) is 1. The number of ether oxygens (including phenoxy) is 1. The van der Waals surface area contributed by atoms with Gasteiger partial charge in [-0.1, -0.05) is 28.1 Å². The van der Waals surface area contributed by atoms with Crippen molar-refractivity contribution >= 4 is 15.9 Å². The molecule has 0 bridgehead atoms. The van der Waals surface area contributed by atoms with Gasteiger partial charge in [0.2, 0.25) is 0 Å². The summed E-state index contributed by atoms with van der Waals surface area (Å²) in [4.78, 5) is 0. The van der Waals surface area contributed by atoms with Crippen molar-refractivity contribution in [2.24, 2.45) is 5.73 Å². The molecule has 19 heavy (non-hydrogen) atoms. The Morgan fingerprint density at radius 2 is 1.89 bits per heavy atom. The maximum absolute atomic E-state index is 13.7. The Kier molecular flexibility index (Phi) is 4.56. The maximum atomic E-state index is 13.7. The lowest BCUT2D eigenvalue weighted by atomic mass is 10.1. The van der Waals surface area contributed by atoms with Gasteiger partial charge in [-0.05, 0) is 55.3 Å². The first-order valence-electron chi connectivity index (χ1n) is 6.02. The Balaban J connectivity index is 2.23. The van der Waals surface area contributed by atoms with E-state index in [2.05, 4.69) is 15.9 Å². The van der Waals surface area contributed by atoms with Crippen molar-refractivity contribution in [1.82, 2.24) is 0 Å². The van der Waals surface area contributed by atoms with Crippen molar-refractivity contribution in [2.45, 2.75) is 13.3 Å². The van der Waals surface area contributed by atoms with Crippen LogP contribution in [0, 0.1) is 12.7 Å². The molecule has 100 valence electrons. The van der Waals surface area contributed by atoms with Crippen LogP contribution in [0.15, 0.2) is 40.9 Å². The Labute approximate surface area is 120 Å². The summed E-state index contributed by atoms with van der Waals surface area (Å²) >= 11 is 3.22. The average molecular weight is 324 g/mol. The van der Waals surface area contributed by atoms with Gasteiger partial charge in [0, 0.05) is 4.47 Å². The molecule has 0 heterocycles. The number of benzene rings is 2. The molecule has 0 unspecified atom stereocenters. The summed E-state index contributed by atoms with van der Waals surface area (Å²) in [6.07, 6.45) is 0.827. The number of rotatable bonds is 4. The third-order valence-electron chi connectivity index (χ3n) is 2.79. The number of hydrogen-bond donors (Lipinski definition) is 1. The normalized spacial score (nSPS) is 10.5. The van der Waals surface area contributed by atoms with Crippen molar-refractivity contribution in [3.63, 3.8) is 0 Å². The zero-order valence-electron chi connectivity index (χ0n) is 10.6. The van der Waals surface area contributed by atoms with E-state index in [1.807, 2.05) is 25.1 Å². The highest BCUT2D eigenvalue weighted by Gasteiger charge is 2.07. The average Bonchev–Trinajstić information content (AvgIpc) is 2.36. The second-order valence-corrected chi connectivity index (χ2v) is 5.23. The minimum absolute atomic E-state index is 0.220. The molecule has 0 fully saturated rings. The molecule has 0 aromatic heterocycles. The summed E-state index contributed by atoms with van der Waals surface area (Å²) in [5, 5.41) is 0. The summed E-state index contributed by atoms with van der Waals surface area (Å²) in [7, 11) is 0. The largest absolute Gasteiger partial charge is 0.454 e. The van der Waals surface area contributed by atoms with Crippen molar-refractivity contribution in [3.05, 3.63) is 57.8 Å². The molecule has 0 aliphatic heterocycles. The molecule has 2 aromatic rings. The SMILES string of the molecule is Cc1cc(CCN)ccc1Oc1ccc(Br)cc1F. The van der Waals surface area contributed by atoms with Gasteiger partial charge in [0.15, 0.2) is 11.6 Å². The van der Waals surface area contributed by atoms with Crippen LogP contribution >= 0.6 is 15.9 Å². The van der Waals surface area contributed by atoms with E-state index in [0.717, 1.165) is 17.5 Å². The van der Waals surface area contributed by atoms with Crippen LogP contribution in [0.3, 0.4) is 0 Å². The molecule has 0 saturated heterocycles. The fourth-order valence-corrected chi connectivity index (χ4v) is 2.16. The van der Waals surface area contributed by atoms with Crippen molar-refractivity contribution in [1.29, 1.82) is 0 Å². The topological polar surface area (TPSA) is 35.2 Å². The minimum atomic E-state index is -0.389. The predicted molar refractivity (Wildman–Crippen MR) is 78.1 cm³/mol. The van der Waals surface area contributed by atoms with Crippen LogP contribution in [0.25, 0.3) is 0 Å². The summed E-state index contributed by atoms with van der Waals surface area (Å²) in [5.41, 5.74) is 7.64. The zero-order valence-corrected chi connectivity index (χ0v) is 12.2. The Morgan fingerprint density at radius 1 is 1.16 bits per heavy atom. The fourth-order valence-electron chi connectivity index (χ4n) is 1.82. The first kappa shape index (κ1) is 14.0. The van der Waals surface area contributed by atoms with Gasteiger partial charge in [-0.15, -0.1) is 0 Å². The monoisotopic (exact) mass is 323 g/mol. The van der Waals surface area contributed by atoms with E-state index in [-0.39, 0.29) is 11.6 Å². The molecule has 4 heteroatoms. The quantitative estimate of drug-likeness (QED) is 0.915. The smallest absolute Gasteiger partial charge is 0.166 e. The Morgan fingerprint density at radius 3 is 2.53 bits per heavy atom. The predicted octanol–water partition coefficient (Wildman–Crippen LogP) is 4.19. The lowest BCUT2D eigenvalue weighted by Gasteiger charge is -2.11. The third-order valence-corrected chi connectivity index (χ3v) is 3.28. The second-order valence-electron chi connectivity index (χ2n) is 4.32. The molecule has 2 rings (SSSR count). The Bertz CT molecular complexity index is 586. The summed E-state index contributed by atoms with van der Waals surface area (Å²) in [6, 6.07) is 10.5. The number of aryl methyl sites for hydroxylation is 1. The first-order valence-corrected chi connectivity index (χ1v) is 6.82. The summed E-state index contributed by atoms with van der Waals surface area (Å²) in [5.74, 6) is 0.486. The molecule has 0 radical (unpaired) electrons. The number of hydrogen-bond acceptors (Lipinski definition) is 2. The maximum Gasteiger partial charge on any atom is 0.166 e. The molecule has 2 aromatic carbocycles. The van der Waals surface area contributed by atoms with Crippen LogP contribution in [0.2, 0.25) is 0 Å². The van der Waals surface area contributed by atoms with Crippen LogP contribution in [-0.2, 0) is 6.42 Å². The molecule has 2 N–H and O–H groups in total. The fraction of sp³-hybridized carbons (Fsp3) is 0.200. The van der Waals surface area contributed by atoms with E-state index >= 15 is 0 Å². The lowest BCUT2D eigenvalue weighted by molar-refractivity contribution is 0.439. The molecule has 0 saturated carbocycles. The van der Waals surface area contributed by atoms with Gasteiger partial charge in [-0.3, -0.25) is 0 Å². The van der Waals surface area contributed by atoms with Crippen LogP contribution < -0.4 is 10.5 Å². The zero-order chi connectivity index (χ0) is 13.8. The van der Waals surface area contributed by atoms with Crippen molar-refractivity contribution in [2.75, 3.05) is 6.54 Å². The van der Waals surface area contributed by atoms with E-state index in [9.17, 15) is 4.39 Å². The molecule has 0 aliphatic rings. The summed E-state index contributed by atoms with van der Waals surface area (Å²) < 4.78 is 20.0. The second kappa shape index (κ2) is 6.17. The number of halogens is 2. The van der Waals surface area contributed by atoms with E-state index in [1.54, 1.807) is 12.1 Å². The van der Waals surface area contributed by atoms with E-state index in [0.29, 0.717) is 16.8 Å². The van der Waals surface area contributed by atoms with Gasteiger partial charge in [0.05, 0.1) is 0 Å². The molecule has 0 aliphatic carbocycles. The molecule has 2 nitrogen and oxygen atoms in total. The standard InChI is InChI=1S/C15H15BrFNO/c1-10-8-11(6-7-18)2-4-14(10)19-15-5-3-12(16)9-13(15)17/h2-5,8-9H,6-7,18H2,1H3. The highest BCUT2D eigenvalue weighted by atomic mass is 79.9. The van der Waals surface area contributed by atoms with E-state index in [4.69, 9.17) is 10.5 Å². The molecular formula is C15H15BrFNO. The van der Waals surface area contributed by atoms with Gasteiger partial charge < -0.3 is 10.5 Å². The van der Waals surface area contributed by atoms with E-state index in [1.165, 1.54) is 6.07 Å². The summed E-state index contributed by atoms with van der Waals surface area (Å²) in [6.45, 7) is 2.55. The highest BCUT2D eigenvalue weighted by Crippen LogP contribution is 2.29. The van der Waals surface area contributed by atoms with Crippen molar-refractivity contribution < 1.29 is 9.13 Å². The van der Waals surface area contributed by atoms with Crippen LogP contribution in [0.4, 0.5) is 4.39 Å². The molecule has 0 spiro atoms. The highest BCUT2D eigenvalue weighted by molar-refractivity contribution is 9.10. The molecule has 0 atom stereocenters. The third kappa shape index (κ3) is 3.55. The molecular weight excluding hydrogens is 309 g/mol. The van der Waals surface area contributed by atoms with Gasteiger partial charge in [-0.25, -0.2) is 4.39 Å². The van der Waals surface area contributed by atoms with Crippen LogP contribution in [-0.4, -0.2) is 6.54 Å². The van der Waals surface area contributed by atoms with E-state index < -0.39 is 0 Å². The minimum Gasteiger partial charge on any atom is -0.454 e. The van der Waals surface area contributed by atoms with Crippen LogP contribution in [0.1, 0.15) is 11.1 Å².